The van der Waals surface area contributed by atoms with Crippen LogP contribution in [0, 0.1) is 6.92 Å². The Hall–Kier alpha value is -1.03. The second kappa shape index (κ2) is 6.64. The van der Waals surface area contributed by atoms with Gasteiger partial charge in [0.25, 0.3) is 0 Å². The molecule has 0 spiro atoms. The van der Waals surface area contributed by atoms with Crippen LogP contribution in [0.15, 0.2) is 22.7 Å². The monoisotopic (exact) mass is 299 g/mol. The van der Waals surface area contributed by atoms with Crippen molar-refractivity contribution in [2.45, 2.75) is 39.2 Å². The van der Waals surface area contributed by atoms with Gasteiger partial charge in [0, 0.05) is 10.2 Å². The lowest BCUT2D eigenvalue weighted by molar-refractivity contribution is -0.138. The molecule has 1 aromatic carbocycles. The lowest BCUT2D eigenvalue weighted by Crippen LogP contribution is -2.29. The van der Waals surface area contributed by atoms with Crippen LogP contribution < -0.4 is 5.32 Å². The molecule has 1 unspecified atom stereocenters. The lowest BCUT2D eigenvalue weighted by Gasteiger charge is -2.17. The first kappa shape index (κ1) is 14.0. The summed E-state index contributed by atoms with van der Waals surface area (Å²) in [5, 5.41) is 12.2. The Morgan fingerprint density at radius 1 is 1.53 bits per heavy atom. The molecule has 0 aliphatic carbocycles. The first-order chi connectivity index (χ1) is 8.06. The molecule has 2 N–H and O–H groups in total. The SMILES string of the molecule is CCCCC(Nc1cccc(Br)c1C)C(=O)O. The summed E-state index contributed by atoms with van der Waals surface area (Å²) in [4.78, 5) is 11.1. The van der Waals surface area contributed by atoms with Crippen LogP contribution in [0.2, 0.25) is 0 Å². The highest BCUT2D eigenvalue weighted by atomic mass is 79.9. The van der Waals surface area contributed by atoms with Crippen molar-refractivity contribution in [1.29, 1.82) is 0 Å². The van der Waals surface area contributed by atoms with Crippen molar-refractivity contribution in [3.63, 3.8) is 0 Å². The van der Waals surface area contributed by atoms with Crippen molar-refractivity contribution in [1.82, 2.24) is 0 Å². The summed E-state index contributed by atoms with van der Waals surface area (Å²) in [6.07, 6.45) is 2.57. The number of carbonyl (C=O) groups is 1. The second-order valence-electron chi connectivity index (χ2n) is 4.09. The number of rotatable bonds is 6. The van der Waals surface area contributed by atoms with Gasteiger partial charge < -0.3 is 10.4 Å². The fourth-order valence-corrected chi connectivity index (χ4v) is 1.98. The Morgan fingerprint density at radius 2 is 2.24 bits per heavy atom. The minimum Gasteiger partial charge on any atom is -0.480 e. The van der Waals surface area contributed by atoms with Crippen LogP contribution in [0.5, 0.6) is 0 Å². The quantitative estimate of drug-likeness (QED) is 0.840. The van der Waals surface area contributed by atoms with E-state index < -0.39 is 12.0 Å². The molecule has 0 saturated heterocycles. The van der Waals surface area contributed by atoms with Gasteiger partial charge in [-0.3, -0.25) is 0 Å². The van der Waals surface area contributed by atoms with E-state index in [9.17, 15) is 4.79 Å². The zero-order chi connectivity index (χ0) is 12.8. The van der Waals surface area contributed by atoms with Crippen molar-refractivity contribution in [3.8, 4) is 0 Å². The molecule has 1 rings (SSSR count). The fraction of sp³-hybridized carbons (Fsp3) is 0.462. The highest BCUT2D eigenvalue weighted by molar-refractivity contribution is 9.10. The minimum atomic E-state index is -0.794. The smallest absolute Gasteiger partial charge is 0.326 e. The number of carboxylic acid groups (broad SMARTS) is 1. The predicted octanol–water partition coefficient (Wildman–Crippen LogP) is 3.81. The molecule has 1 aromatic rings. The van der Waals surface area contributed by atoms with Crippen LogP contribution in [0.1, 0.15) is 31.7 Å². The molecule has 0 aliphatic heterocycles. The number of hydrogen-bond acceptors (Lipinski definition) is 2. The second-order valence-corrected chi connectivity index (χ2v) is 4.94. The average Bonchev–Trinajstić information content (AvgIpc) is 2.29. The van der Waals surface area contributed by atoms with Crippen LogP contribution in [0.25, 0.3) is 0 Å². The van der Waals surface area contributed by atoms with Gasteiger partial charge in [0.1, 0.15) is 6.04 Å². The van der Waals surface area contributed by atoms with Gasteiger partial charge in [-0.1, -0.05) is 41.8 Å². The molecule has 1 atom stereocenters. The molecule has 0 heterocycles. The van der Waals surface area contributed by atoms with Crippen LogP contribution in [-0.4, -0.2) is 17.1 Å². The first-order valence-corrected chi connectivity index (χ1v) is 6.60. The maximum atomic E-state index is 11.1. The number of benzene rings is 1. The molecule has 0 saturated carbocycles. The topological polar surface area (TPSA) is 49.3 Å². The Labute approximate surface area is 110 Å². The summed E-state index contributed by atoms with van der Waals surface area (Å²) < 4.78 is 0.988. The third-order valence-corrected chi connectivity index (χ3v) is 3.60. The normalized spacial score (nSPS) is 12.2. The highest BCUT2D eigenvalue weighted by Gasteiger charge is 2.17. The van der Waals surface area contributed by atoms with Gasteiger partial charge in [0.15, 0.2) is 0 Å². The molecule has 4 heteroatoms. The average molecular weight is 300 g/mol. The number of aliphatic carboxylic acids is 1. The van der Waals surface area contributed by atoms with Crippen molar-refractivity contribution in [2.75, 3.05) is 5.32 Å². The summed E-state index contributed by atoms with van der Waals surface area (Å²) in [6, 6.07) is 5.24. The molecule has 0 aliphatic rings. The van der Waals surface area contributed by atoms with Crippen LogP contribution >= 0.6 is 15.9 Å². The summed E-state index contributed by atoms with van der Waals surface area (Å²) in [5.41, 5.74) is 1.91. The van der Waals surface area contributed by atoms with Gasteiger partial charge in [-0.15, -0.1) is 0 Å². The largest absolute Gasteiger partial charge is 0.480 e. The van der Waals surface area contributed by atoms with Gasteiger partial charge in [-0.05, 0) is 31.0 Å². The summed E-state index contributed by atoms with van der Waals surface area (Å²) in [7, 11) is 0. The fourth-order valence-electron chi connectivity index (χ4n) is 1.62. The maximum Gasteiger partial charge on any atom is 0.326 e. The third kappa shape index (κ3) is 4.04. The highest BCUT2D eigenvalue weighted by Crippen LogP contribution is 2.24. The predicted molar refractivity (Wildman–Crippen MR) is 73.5 cm³/mol. The van der Waals surface area contributed by atoms with E-state index in [2.05, 4.69) is 28.2 Å². The molecule has 0 amide bonds. The Bertz CT molecular complexity index is 393. The van der Waals surface area contributed by atoms with Gasteiger partial charge in [-0.2, -0.15) is 0 Å². The standard InChI is InChI=1S/C13H18BrNO2/c1-3-4-7-12(13(16)17)15-11-8-5-6-10(14)9(11)2/h5-6,8,12,15H,3-4,7H2,1-2H3,(H,16,17). The van der Waals surface area contributed by atoms with E-state index in [0.29, 0.717) is 6.42 Å². The number of carboxylic acids is 1. The van der Waals surface area contributed by atoms with E-state index in [1.165, 1.54) is 0 Å². The Morgan fingerprint density at radius 3 is 2.82 bits per heavy atom. The molecular formula is C13H18BrNO2. The molecule has 0 aromatic heterocycles. The molecule has 0 fully saturated rings. The van der Waals surface area contributed by atoms with Crippen LogP contribution in [-0.2, 0) is 4.79 Å². The van der Waals surface area contributed by atoms with E-state index in [1.807, 2.05) is 25.1 Å². The third-order valence-electron chi connectivity index (χ3n) is 2.74. The van der Waals surface area contributed by atoms with E-state index in [-0.39, 0.29) is 0 Å². The van der Waals surface area contributed by atoms with Gasteiger partial charge in [0.2, 0.25) is 0 Å². The Kier molecular flexibility index (Phi) is 5.48. The minimum absolute atomic E-state index is 0.511. The molecule has 3 nitrogen and oxygen atoms in total. The maximum absolute atomic E-state index is 11.1. The van der Waals surface area contributed by atoms with Crippen molar-refractivity contribution in [2.24, 2.45) is 0 Å². The number of unbranched alkanes of at least 4 members (excludes halogenated alkanes) is 1. The molecule has 17 heavy (non-hydrogen) atoms. The van der Waals surface area contributed by atoms with Gasteiger partial charge in [0.05, 0.1) is 0 Å². The van der Waals surface area contributed by atoms with E-state index in [1.54, 1.807) is 0 Å². The van der Waals surface area contributed by atoms with E-state index in [4.69, 9.17) is 5.11 Å². The van der Waals surface area contributed by atoms with Crippen molar-refractivity contribution in [3.05, 3.63) is 28.2 Å². The molecule has 0 bridgehead atoms. The number of nitrogens with one attached hydrogen (secondary N) is 1. The Balaban J connectivity index is 2.78. The first-order valence-electron chi connectivity index (χ1n) is 5.80. The van der Waals surface area contributed by atoms with E-state index in [0.717, 1.165) is 28.6 Å². The molecule has 0 radical (unpaired) electrons. The van der Waals surface area contributed by atoms with Crippen molar-refractivity contribution >= 4 is 27.6 Å². The summed E-state index contributed by atoms with van der Waals surface area (Å²) in [5.74, 6) is -0.794. The number of anilines is 1. The van der Waals surface area contributed by atoms with Gasteiger partial charge in [-0.25, -0.2) is 4.79 Å². The summed E-state index contributed by atoms with van der Waals surface area (Å²) >= 11 is 3.44. The lowest BCUT2D eigenvalue weighted by atomic mass is 10.1. The van der Waals surface area contributed by atoms with Crippen molar-refractivity contribution < 1.29 is 9.90 Å². The van der Waals surface area contributed by atoms with E-state index >= 15 is 0 Å². The van der Waals surface area contributed by atoms with Crippen LogP contribution in [0.3, 0.4) is 0 Å². The summed E-state index contributed by atoms with van der Waals surface area (Å²) in [6.45, 7) is 4.02. The zero-order valence-electron chi connectivity index (χ0n) is 10.2. The number of halogens is 1. The van der Waals surface area contributed by atoms with Gasteiger partial charge >= 0.3 is 5.97 Å². The van der Waals surface area contributed by atoms with Crippen LogP contribution in [0.4, 0.5) is 5.69 Å². The molecule has 94 valence electrons. The zero-order valence-corrected chi connectivity index (χ0v) is 11.8. The number of hydrogen-bond donors (Lipinski definition) is 2. The molecular weight excluding hydrogens is 282 g/mol.